The van der Waals surface area contributed by atoms with E-state index < -0.39 is 6.10 Å². The van der Waals surface area contributed by atoms with E-state index in [4.69, 9.17) is 4.74 Å². The molecule has 1 heterocycles. The Kier molecular flexibility index (Phi) is 5.72. The minimum Gasteiger partial charge on any atom is -0.491 e. The van der Waals surface area contributed by atoms with Crippen LogP contribution in [0.3, 0.4) is 0 Å². The van der Waals surface area contributed by atoms with Gasteiger partial charge >= 0.3 is 0 Å². The van der Waals surface area contributed by atoms with E-state index in [9.17, 15) is 5.11 Å². The van der Waals surface area contributed by atoms with Crippen molar-refractivity contribution in [2.75, 3.05) is 13.2 Å². The molecule has 1 unspecified atom stereocenters. The Hall–Kier alpha value is -1.91. The summed E-state index contributed by atoms with van der Waals surface area (Å²) in [6.07, 6.45) is 1.21. The summed E-state index contributed by atoms with van der Waals surface area (Å²) in [4.78, 5) is 4.29. The van der Waals surface area contributed by atoms with E-state index in [2.05, 4.69) is 10.3 Å². The van der Waals surface area contributed by atoms with Gasteiger partial charge in [-0.05, 0) is 37.6 Å². The first-order valence-corrected chi connectivity index (χ1v) is 7.17. The van der Waals surface area contributed by atoms with Gasteiger partial charge in [0, 0.05) is 18.8 Å². The van der Waals surface area contributed by atoms with Crippen molar-refractivity contribution in [3.63, 3.8) is 0 Å². The molecule has 2 atom stereocenters. The maximum Gasteiger partial charge on any atom is 0.122 e. The summed E-state index contributed by atoms with van der Waals surface area (Å²) in [5, 5.41) is 13.2. The van der Waals surface area contributed by atoms with Crippen molar-refractivity contribution in [3.8, 4) is 5.75 Å². The molecule has 112 valence electrons. The van der Waals surface area contributed by atoms with Crippen LogP contribution in [-0.4, -0.2) is 29.3 Å². The van der Waals surface area contributed by atoms with Crippen LogP contribution in [0.25, 0.3) is 0 Å². The molecule has 1 aromatic heterocycles. The van der Waals surface area contributed by atoms with Gasteiger partial charge in [0.15, 0.2) is 0 Å². The highest BCUT2D eigenvalue weighted by atomic mass is 16.5. The molecule has 0 saturated heterocycles. The van der Waals surface area contributed by atoms with Gasteiger partial charge in [0.25, 0.3) is 0 Å². The zero-order valence-corrected chi connectivity index (χ0v) is 12.5. The Bertz CT molecular complexity index is 545. The first-order valence-electron chi connectivity index (χ1n) is 7.17. The molecule has 0 aliphatic heterocycles. The zero-order chi connectivity index (χ0) is 15.1. The Morgan fingerprint density at radius 1 is 1.19 bits per heavy atom. The number of rotatable bonds is 7. The fourth-order valence-corrected chi connectivity index (χ4v) is 2.01. The van der Waals surface area contributed by atoms with Gasteiger partial charge in [-0.3, -0.25) is 4.98 Å². The van der Waals surface area contributed by atoms with E-state index in [0.717, 1.165) is 17.0 Å². The fourth-order valence-electron chi connectivity index (χ4n) is 2.01. The normalized spacial score (nSPS) is 13.7. The van der Waals surface area contributed by atoms with E-state index >= 15 is 0 Å². The Morgan fingerprint density at radius 2 is 1.95 bits per heavy atom. The van der Waals surface area contributed by atoms with Crippen LogP contribution in [0.15, 0.2) is 48.7 Å². The van der Waals surface area contributed by atoms with Crippen molar-refractivity contribution < 1.29 is 9.84 Å². The van der Waals surface area contributed by atoms with Crippen LogP contribution in [0.4, 0.5) is 0 Å². The highest BCUT2D eigenvalue weighted by molar-refractivity contribution is 5.31. The van der Waals surface area contributed by atoms with E-state index in [1.54, 1.807) is 6.20 Å². The molecular formula is C17H22N2O2. The standard InChI is InChI=1S/C17H22N2O2/c1-13-7-3-4-9-17(13)21-12-15(20)11-19-14(2)16-8-5-6-10-18-16/h3-10,14-15,19-20H,11-12H2,1-2H3/t14-,15?/m1/s1. The average Bonchev–Trinajstić information content (AvgIpc) is 2.52. The largest absolute Gasteiger partial charge is 0.491 e. The maximum absolute atomic E-state index is 9.99. The summed E-state index contributed by atoms with van der Waals surface area (Å²) in [6.45, 7) is 4.75. The molecule has 1 aromatic carbocycles. The number of para-hydroxylation sites is 1. The highest BCUT2D eigenvalue weighted by Crippen LogP contribution is 2.16. The quantitative estimate of drug-likeness (QED) is 0.821. The van der Waals surface area contributed by atoms with Crippen LogP contribution in [0.2, 0.25) is 0 Å². The van der Waals surface area contributed by atoms with Crippen molar-refractivity contribution in [2.24, 2.45) is 0 Å². The van der Waals surface area contributed by atoms with Crippen LogP contribution in [0, 0.1) is 6.92 Å². The second kappa shape index (κ2) is 7.76. The van der Waals surface area contributed by atoms with Crippen molar-refractivity contribution in [1.82, 2.24) is 10.3 Å². The molecule has 21 heavy (non-hydrogen) atoms. The van der Waals surface area contributed by atoms with Crippen molar-refractivity contribution in [2.45, 2.75) is 26.0 Å². The molecule has 0 saturated carbocycles. The van der Waals surface area contributed by atoms with Gasteiger partial charge in [0.1, 0.15) is 18.5 Å². The first kappa shape index (κ1) is 15.5. The molecule has 0 aliphatic carbocycles. The third kappa shape index (κ3) is 4.85. The minimum absolute atomic E-state index is 0.0966. The summed E-state index contributed by atoms with van der Waals surface area (Å²) < 4.78 is 5.63. The van der Waals surface area contributed by atoms with Crippen LogP contribution >= 0.6 is 0 Å². The number of nitrogens with zero attached hydrogens (tertiary/aromatic N) is 1. The monoisotopic (exact) mass is 286 g/mol. The summed E-state index contributed by atoms with van der Waals surface area (Å²) in [5.41, 5.74) is 2.03. The van der Waals surface area contributed by atoms with Crippen LogP contribution in [-0.2, 0) is 0 Å². The molecule has 0 bridgehead atoms. The number of aryl methyl sites for hydroxylation is 1. The lowest BCUT2D eigenvalue weighted by molar-refractivity contribution is 0.103. The molecule has 0 aliphatic rings. The molecule has 2 N–H and O–H groups in total. The summed E-state index contributed by atoms with van der Waals surface area (Å²) in [5.74, 6) is 0.814. The van der Waals surface area contributed by atoms with Crippen LogP contribution < -0.4 is 10.1 Å². The SMILES string of the molecule is Cc1ccccc1OCC(O)CN[C@H](C)c1ccccn1. The zero-order valence-electron chi connectivity index (χ0n) is 12.5. The Labute approximate surface area is 125 Å². The molecule has 0 radical (unpaired) electrons. The molecule has 4 heteroatoms. The number of ether oxygens (including phenoxy) is 1. The summed E-state index contributed by atoms with van der Waals surface area (Å²) in [7, 11) is 0. The number of aromatic nitrogens is 1. The number of benzene rings is 1. The molecule has 0 fully saturated rings. The molecule has 2 aromatic rings. The fraction of sp³-hybridized carbons (Fsp3) is 0.353. The minimum atomic E-state index is -0.559. The lowest BCUT2D eigenvalue weighted by atomic mass is 10.2. The van der Waals surface area contributed by atoms with Gasteiger partial charge in [-0.15, -0.1) is 0 Å². The second-order valence-corrected chi connectivity index (χ2v) is 5.11. The number of hydrogen-bond acceptors (Lipinski definition) is 4. The molecule has 2 rings (SSSR count). The van der Waals surface area contributed by atoms with Crippen molar-refractivity contribution in [3.05, 3.63) is 59.9 Å². The lowest BCUT2D eigenvalue weighted by Gasteiger charge is -2.17. The van der Waals surface area contributed by atoms with Crippen LogP contribution in [0.1, 0.15) is 24.2 Å². The Balaban J connectivity index is 1.75. The number of hydrogen-bond donors (Lipinski definition) is 2. The molecule has 4 nitrogen and oxygen atoms in total. The van der Waals surface area contributed by atoms with Gasteiger partial charge in [-0.2, -0.15) is 0 Å². The van der Waals surface area contributed by atoms with Gasteiger partial charge in [0.05, 0.1) is 5.69 Å². The van der Waals surface area contributed by atoms with E-state index in [-0.39, 0.29) is 12.6 Å². The Morgan fingerprint density at radius 3 is 2.67 bits per heavy atom. The van der Waals surface area contributed by atoms with Crippen LogP contribution in [0.5, 0.6) is 5.75 Å². The topological polar surface area (TPSA) is 54.4 Å². The predicted molar refractivity (Wildman–Crippen MR) is 83.3 cm³/mol. The highest BCUT2D eigenvalue weighted by Gasteiger charge is 2.10. The molecular weight excluding hydrogens is 264 g/mol. The molecule has 0 amide bonds. The molecule has 0 spiro atoms. The maximum atomic E-state index is 9.99. The first-order chi connectivity index (χ1) is 10.2. The van der Waals surface area contributed by atoms with Gasteiger partial charge in [0.2, 0.25) is 0 Å². The number of nitrogens with one attached hydrogen (secondary N) is 1. The van der Waals surface area contributed by atoms with E-state index in [0.29, 0.717) is 6.54 Å². The smallest absolute Gasteiger partial charge is 0.122 e. The number of pyridine rings is 1. The summed E-state index contributed by atoms with van der Waals surface area (Å²) in [6, 6.07) is 13.7. The van der Waals surface area contributed by atoms with E-state index in [1.807, 2.05) is 56.3 Å². The van der Waals surface area contributed by atoms with Gasteiger partial charge in [-0.25, -0.2) is 0 Å². The predicted octanol–water partition coefficient (Wildman–Crippen LogP) is 2.48. The van der Waals surface area contributed by atoms with Gasteiger partial charge in [-0.1, -0.05) is 24.3 Å². The number of aliphatic hydroxyl groups is 1. The van der Waals surface area contributed by atoms with Gasteiger partial charge < -0.3 is 15.2 Å². The summed E-state index contributed by atoms with van der Waals surface area (Å²) >= 11 is 0. The number of aliphatic hydroxyl groups excluding tert-OH is 1. The third-order valence-electron chi connectivity index (χ3n) is 3.32. The average molecular weight is 286 g/mol. The lowest BCUT2D eigenvalue weighted by Crippen LogP contribution is -2.33. The second-order valence-electron chi connectivity index (χ2n) is 5.11. The van der Waals surface area contributed by atoms with Crippen molar-refractivity contribution in [1.29, 1.82) is 0 Å². The van der Waals surface area contributed by atoms with Crippen molar-refractivity contribution >= 4 is 0 Å². The third-order valence-corrected chi connectivity index (χ3v) is 3.32. The van der Waals surface area contributed by atoms with E-state index in [1.165, 1.54) is 0 Å².